The maximum absolute atomic E-state index is 13.3. The zero-order valence-electron chi connectivity index (χ0n) is 16.5. The Labute approximate surface area is 193 Å². The second kappa shape index (κ2) is 9.52. The topological polar surface area (TPSA) is 47.0 Å². The van der Waals surface area contributed by atoms with E-state index in [1.54, 1.807) is 19.2 Å². The van der Waals surface area contributed by atoms with Crippen molar-refractivity contribution in [2.45, 2.75) is 4.90 Å². The van der Waals surface area contributed by atoms with E-state index in [1.807, 2.05) is 72.1 Å². The molecule has 0 radical (unpaired) electrons. The van der Waals surface area contributed by atoms with Gasteiger partial charge < -0.3 is 4.74 Å². The number of aromatic amines is 1. The molecule has 4 rings (SSSR count). The van der Waals surface area contributed by atoms with Crippen molar-refractivity contribution in [1.29, 1.82) is 0 Å². The number of nitrogens with zero attached hydrogens (tertiary/aromatic N) is 1. The summed E-state index contributed by atoms with van der Waals surface area (Å²) in [6.07, 6.45) is 1.82. The molecule has 31 heavy (non-hydrogen) atoms. The Bertz CT molecular complexity index is 1380. The van der Waals surface area contributed by atoms with Gasteiger partial charge in [-0.2, -0.15) is 0 Å². The molecule has 7 heteroatoms. The van der Waals surface area contributed by atoms with Gasteiger partial charge in [-0.1, -0.05) is 59.2 Å². The predicted molar refractivity (Wildman–Crippen MR) is 129 cm³/mol. The van der Waals surface area contributed by atoms with Crippen molar-refractivity contribution >= 4 is 46.4 Å². The summed E-state index contributed by atoms with van der Waals surface area (Å²) in [4.78, 5) is 14.3. The highest BCUT2D eigenvalue weighted by Gasteiger charge is 2.07. The molecule has 0 saturated heterocycles. The number of methoxy groups -OCH3 is 1. The van der Waals surface area contributed by atoms with Gasteiger partial charge in [-0.05, 0) is 60.2 Å². The Balaban J connectivity index is 1.87. The molecule has 0 aliphatic heterocycles. The largest absolute Gasteiger partial charge is 0.495 e. The van der Waals surface area contributed by atoms with Crippen LogP contribution in [0.5, 0.6) is 5.75 Å². The van der Waals surface area contributed by atoms with Crippen LogP contribution in [-0.4, -0.2) is 16.9 Å². The van der Waals surface area contributed by atoms with E-state index in [1.165, 1.54) is 16.4 Å². The van der Waals surface area contributed by atoms with Crippen LogP contribution in [-0.2, 0) is 0 Å². The van der Waals surface area contributed by atoms with E-state index in [9.17, 15) is 4.79 Å². The first-order valence-corrected chi connectivity index (χ1v) is 11.0. The van der Waals surface area contributed by atoms with Crippen molar-refractivity contribution in [2.75, 3.05) is 7.11 Å². The molecule has 4 aromatic rings. The number of hydrogen-bond donors (Lipinski definition) is 1. The highest BCUT2D eigenvalue weighted by Crippen LogP contribution is 2.25. The number of halogens is 2. The lowest BCUT2D eigenvalue weighted by Gasteiger charge is -2.03. The Hall–Kier alpha value is -2.86. The van der Waals surface area contributed by atoms with Gasteiger partial charge in [-0.25, -0.2) is 4.68 Å². The minimum atomic E-state index is -0.150. The van der Waals surface area contributed by atoms with Gasteiger partial charge in [0.15, 0.2) is 0 Å². The van der Waals surface area contributed by atoms with Gasteiger partial charge >= 0.3 is 0 Å². The van der Waals surface area contributed by atoms with Crippen LogP contribution in [0, 0.1) is 0 Å². The van der Waals surface area contributed by atoms with Crippen LogP contribution in [0.15, 0.2) is 82.5 Å². The van der Waals surface area contributed by atoms with Crippen LogP contribution in [0.3, 0.4) is 0 Å². The fourth-order valence-corrected chi connectivity index (χ4v) is 4.08. The molecular weight excluding hydrogens is 451 g/mol. The van der Waals surface area contributed by atoms with Crippen molar-refractivity contribution in [3.63, 3.8) is 0 Å². The molecule has 3 aromatic carbocycles. The third-order valence-corrected chi connectivity index (χ3v) is 6.05. The molecule has 1 aromatic heterocycles. The molecule has 0 saturated carbocycles. The van der Waals surface area contributed by atoms with Crippen molar-refractivity contribution in [1.82, 2.24) is 9.78 Å². The molecule has 0 bridgehead atoms. The van der Waals surface area contributed by atoms with E-state index in [4.69, 9.17) is 27.9 Å². The maximum atomic E-state index is 13.3. The van der Waals surface area contributed by atoms with E-state index < -0.39 is 0 Å². The summed E-state index contributed by atoms with van der Waals surface area (Å²) in [7, 11) is 1.56. The van der Waals surface area contributed by atoms with Crippen LogP contribution in [0.1, 0.15) is 5.56 Å². The average Bonchev–Trinajstić information content (AvgIpc) is 3.10. The lowest BCUT2D eigenvalue weighted by molar-refractivity contribution is 0.415. The van der Waals surface area contributed by atoms with E-state index in [-0.39, 0.29) is 5.56 Å². The molecule has 0 unspecified atom stereocenters. The summed E-state index contributed by atoms with van der Waals surface area (Å²) in [5.41, 5.74) is 1.42. The number of rotatable bonds is 5. The standard InChI is InChI=1S/C24H18Cl2N2O2S/c1-30-23-14-16(7-12-21(23)26)13-20-22(15-31-19-10-8-17(25)9-11-19)27-28(24(20)29)18-5-3-2-4-6-18/h2-15,27H,1H3/b20-13+,22-15-. The summed E-state index contributed by atoms with van der Waals surface area (Å²) in [6, 6.07) is 22.4. The third kappa shape index (κ3) is 4.90. The third-order valence-electron chi connectivity index (χ3n) is 4.58. The van der Waals surface area contributed by atoms with Crippen LogP contribution in [0.2, 0.25) is 10.0 Å². The van der Waals surface area contributed by atoms with E-state index in [2.05, 4.69) is 5.10 Å². The second-order valence-corrected chi connectivity index (χ2v) is 8.43. The zero-order chi connectivity index (χ0) is 21.8. The number of thioether (sulfide) groups is 1. The zero-order valence-corrected chi connectivity index (χ0v) is 18.8. The summed E-state index contributed by atoms with van der Waals surface area (Å²) >= 11 is 13.6. The van der Waals surface area contributed by atoms with Gasteiger partial charge in [0.05, 0.1) is 28.4 Å². The number of aromatic nitrogens is 2. The molecule has 0 aliphatic carbocycles. The van der Waals surface area contributed by atoms with E-state index in [0.29, 0.717) is 26.4 Å². The number of ether oxygens (including phenoxy) is 1. The molecule has 0 atom stereocenters. The van der Waals surface area contributed by atoms with Crippen LogP contribution >= 0.6 is 35.0 Å². The Kier molecular flexibility index (Phi) is 6.56. The number of H-pyrrole nitrogens is 1. The predicted octanol–water partition coefficient (Wildman–Crippen LogP) is 4.84. The first-order chi connectivity index (χ1) is 15.0. The minimum absolute atomic E-state index is 0.150. The molecule has 156 valence electrons. The Morgan fingerprint density at radius 3 is 2.45 bits per heavy atom. The summed E-state index contributed by atoms with van der Waals surface area (Å²) in [5.74, 6) is 0.551. The highest BCUT2D eigenvalue weighted by molar-refractivity contribution is 8.06. The normalized spacial score (nSPS) is 12.4. The van der Waals surface area contributed by atoms with Crippen LogP contribution in [0.4, 0.5) is 0 Å². The average molecular weight is 469 g/mol. The van der Waals surface area contributed by atoms with Crippen LogP contribution in [0.25, 0.3) is 17.2 Å². The molecule has 0 aliphatic rings. The van der Waals surface area contributed by atoms with Crippen molar-refractivity contribution in [2.24, 2.45) is 0 Å². The Morgan fingerprint density at radius 1 is 1.00 bits per heavy atom. The SMILES string of the molecule is COc1cc(/C=c2/c(=O)n(-c3ccccc3)[nH]/c2=C\Sc2ccc(Cl)cc2)ccc1Cl. The van der Waals surface area contributed by atoms with Gasteiger partial charge in [-0.3, -0.25) is 9.89 Å². The van der Waals surface area contributed by atoms with Crippen molar-refractivity contribution in [3.05, 3.63) is 109 Å². The fourth-order valence-electron chi connectivity index (χ4n) is 3.03. The molecular formula is C24H18Cl2N2O2S. The van der Waals surface area contributed by atoms with Crippen molar-refractivity contribution in [3.8, 4) is 11.4 Å². The van der Waals surface area contributed by atoms with Crippen molar-refractivity contribution < 1.29 is 4.74 Å². The molecule has 0 amide bonds. The minimum Gasteiger partial charge on any atom is -0.495 e. The quantitative estimate of drug-likeness (QED) is 0.426. The monoisotopic (exact) mass is 468 g/mol. The first-order valence-electron chi connectivity index (χ1n) is 9.39. The smallest absolute Gasteiger partial charge is 0.279 e. The summed E-state index contributed by atoms with van der Waals surface area (Å²) in [6.45, 7) is 0. The molecule has 0 spiro atoms. The Morgan fingerprint density at radius 2 is 1.74 bits per heavy atom. The maximum Gasteiger partial charge on any atom is 0.279 e. The summed E-state index contributed by atoms with van der Waals surface area (Å²) < 4.78 is 6.84. The number of nitrogens with one attached hydrogen (secondary N) is 1. The lowest BCUT2D eigenvalue weighted by atomic mass is 10.2. The van der Waals surface area contributed by atoms with Crippen LogP contribution < -0.4 is 20.9 Å². The number of para-hydroxylation sites is 1. The molecule has 0 fully saturated rings. The van der Waals surface area contributed by atoms with Gasteiger partial charge in [0, 0.05) is 15.3 Å². The second-order valence-electron chi connectivity index (χ2n) is 6.64. The number of hydrogen-bond acceptors (Lipinski definition) is 3. The number of benzene rings is 3. The highest BCUT2D eigenvalue weighted by atomic mass is 35.5. The first kappa shape index (κ1) is 21.4. The van der Waals surface area contributed by atoms with Gasteiger partial charge in [0.2, 0.25) is 0 Å². The summed E-state index contributed by atoms with van der Waals surface area (Å²) in [5, 5.41) is 7.57. The lowest BCUT2D eigenvalue weighted by Crippen LogP contribution is -2.34. The molecule has 1 N–H and O–H groups in total. The van der Waals surface area contributed by atoms with E-state index in [0.717, 1.165) is 16.1 Å². The fraction of sp³-hybridized carbons (Fsp3) is 0.0417. The van der Waals surface area contributed by atoms with Gasteiger partial charge in [0.1, 0.15) is 5.75 Å². The van der Waals surface area contributed by atoms with Gasteiger partial charge in [0.25, 0.3) is 5.56 Å². The molecule has 4 nitrogen and oxygen atoms in total. The molecule has 1 heterocycles. The van der Waals surface area contributed by atoms with E-state index >= 15 is 0 Å². The van der Waals surface area contributed by atoms with Gasteiger partial charge in [-0.15, -0.1) is 0 Å².